The smallest absolute Gasteiger partial charge is 0.318 e. The molecule has 0 spiro atoms. The molecule has 1 aliphatic heterocycles. The van der Waals surface area contributed by atoms with E-state index in [1.54, 1.807) is 0 Å². The summed E-state index contributed by atoms with van der Waals surface area (Å²) in [5.74, 6) is 1.01. The Morgan fingerprint density at radius 1 is 1.06 bits per heavy atom. The van der Waals surface area contributed by atoms with E-state index in [0.717, 1.165) is 0 Å². The Kier molecular flexibility index (Phi) is 3.56. The highest BCUT2D eigenvalue weighted by Crippen LogP contribution is 2.30. The van der Waals surface area contributed by atoms with Gasteiger partial charge in [-0.3, -0.25) is 0 Å². The first kappa shape index (κ1) is 13.3. The van der Waals surface area contributed by atoms with Gasteiger partial charge in [0, 0.05) is 17.6 Å². The predicted octanol–water partition coefficient (Wildman–Crippen LogP) is 2.86. The van der Waals surface area contributed by atoms with Gasteiger partial charge in [-0.15, -0.1) is 0 Å². The summed E-state index contributed by atoms with van der Waals surface area (Å²) >= 11 is 0. The van der Waals surface area contributed by atoms with E-state index >= 15 is 0 Å². The highest BCUT2D eigenvalue weighted by Gasteiger charge is 2.39. The molecule has 0 radical (unpaired) electrons. The van der Waals surface area contributed by atoms with Crippen LogP contribution in [-0.4, -0.2) is 28.6 Å². The predicted molar refractivity (Wildman–Crippen MR) is 67.4 cm³/mol. The Balaban J connectivity index is 3.05. The molecule has 0 aromatic heterocycles. The Morgan fingerprint density at radius 2 is 1.56 bits per heavy atom. The van der Waals surface area contributed by atoms with Gasteiger partial charge in [-0.2, -0.15) is 0 Å². The number of rotatable bonds is 0. The molecule has 2 amide bonds. The minimum atomic E-state index is -0.123. The van der Waals surface area contributed by atoms with Gasteiger partial charge in [0.1, 0.15) is 0 Å². The van der Waals surface area contributed by atoms with Crippen LogP contribution in [0.4, 0.5) is 4.79 Å². The molecule has 0 saturated carbocycles. The number of nitrogens with one attached hydrogen (secondary N) is 1. The molecule has 1 fully saturated rings. The van der Waals surface area contributed by atoms with Crippen LogP contribution in [0.15, 0.2) is 0 Å². The second-order valence-electron chi connectivity index (χ2n) is 6.24. The second-order valence-corrected chi connectivity index (χ2v) is 6.24. The van der Waals surface area contributed by atoms with Crippen molar-refractivity contribution in [1.82, 2.24) is 10.2 Å². The number of carbonyl (C=O) groups is 1. The fourth-order valence-corrected chi connectivity index (χ4v) is 2.63. The zero-order valence-corrected chi connectivity index (χ0v) is 11.7. The third-order valence-electron chi connectivity index (χ3n) is 4.08. The first-order valence-corrected chi connectivity index (χ1v) is 6.26. The summed E-state index contributed by atoms with van der Waals surface area (Å²) in [6.07, 6.45) is 0. The lowest BCUT2D eigenvalue weighted by Gasteiger charge is -2.41. The maximum atomic E-state index is 12.2. The summed E-state index contributed by atoms with van der Waals surface area (Å²) in [4.78, 5) is 14.2. The van der Waals surface area contributed by atoms with Gasteiger partial charge in [0.2, 0.25) is 0 Å². The van der Waals surface area contributed by atoms with Gasteiger partial charge in [0.15, 0.2) is 0 Å². The maximum Gasteiger partial charge on any atom is 0.318 e. The summed E-state index contributed by atoms with van der Waals surface area (Å²) in [6, 6.07) is 0.598. The van der Waals surface area contributed by atoms with E-state index in [0.29, 0.717) is 11.8 Å². The first-order chi connectivity index (χ1) is 7.16. The van der Waals surface area contributed by atoms with Crippen LogP contribution in [0.25, 0.3) is 0 Å². The Labute approximate surface area is 99.6 Å². The lowest BCUT2D eigenvalue weighted by molar-refractivity contribution is 0.0937. The molecule has 0 aromatic carbocycles. The average molecular weight is 226 g/mol. The van der Waals surface area contributed by atoms with Gasteiger partial charge in [-0.1, -0.05) is 13.8 Å². The second kappa shape index (κ2) is 4.27. The van der Waals surface area contributed by atoms with Crippen molar-refractivity contribution >= 4 is 6.03 Å². The van der Waals surface area contributed by atoms with E-state index in [9.17, 15) is 4.79 Å². The summed E-state index contributed by atoms with van der Waals surface area (Å²) in [5.41, 5.74) is -0.123. The summed E-state index contributed by atoms with van der Waals surface area (Å²) in [6.45, 7) is 15.0. The largest absolute Gasteiger partial charge is 0.335 e. The number of amides is 2. The number of carbonyl (C=O) groups excluding carboxylic acids is 1. The van der Waals surface area contributed by atoms with Gasteiger partial charge < -0.3 is 10.2 Å². The summed E-state index contributed by atoms with van der Waals surface area (Å²) in [7, 11) is 0. The number of hydrogen-bond donors (Lipinski definition) is 1. The third-order valence-corrected chi connectivity index (χ3v) is 4.08. The lowest BCUT2D eigenvalue weighted by atomic mass is 9.84. The monoisotopic (exact) mass is 226 g/mol. The van der Waals surface area contributed by atoms with Gasteiger partial charge in [0.05, 0.1) is 0 Å². The number of hydrogen-bond acceptors (Lipinski definition) is 1. The molecule has 1 heterocycles. The van der Waals surface area contributed by atoms with Crippen LogP contribution >= 0.6 is 0 Å². The molecule has 1 aliphatic rings. The maximum absolute atomic E-state index is 12.2. The van der Waals surface area contributed by atoms with E-state index < -0.39 is 0 Å². The molecule has 0 bridgehead atoms. The van der Waals surface area contributed by atoms with Crippen LogP contribution in [0.2, 0.25) is 0 Å². The molecule has 1 N–H and O–H groups in total. The third kappa shape index (κ3) is 2.33. The molecular formula is C13H26N2O. The Bertz CT molecular complexity index is 270. The van der Waals surface area contributed by atoms with E-state index in [1.165, 1.54) is 0 Å². The first-order valence-electron chi connectivity index (χ1n) is 6.26. The summed E-state index contributed by atoms with van der Waals surface area (Å²) < 4.78 is 0. The van der Waals surface area contributed by atoms with Crippen LogP contribution in [-0.2, 0) is 0 Å². The van der Waals surface area contributed by atoms with Gasteiger partial charge >= 0.3 is 6.03 Å². The Morgan fingerprint density at radius 3 is 2.00 bits per heavy atom. The van der Waals surface area contributed by atoms with Crippen molar-refractivity contribution in [2.45, 2.75) is 66.1 Å². The van der Waals surface area contributed by atoms with Crippen LogP contribution in [0.3, 0.4) is 0 Å². The Hall–Kier alpha value is -0.730. The lowest BCUT2D eigenvalue weighted by Crippen LogP contribution is -2.54. The van der Waals surface area contributed by atoms with E-state index in [2.05, 4.69) is 53.8 Å². The highest BCUT2D eigenvalue weighted by atomic mass is 16.2. The van der Waals surface area contributed by atoms with Crippen LogP contribution in [0.5, 0.6) is 0 Å². The fourth-order valence-electron chi connectivity index (χ4n) is 2.63. The highest BCUT2D eigenvalue weighted by molar-refractivity contribution is 5.76. The minimum Gasteiger partial charge on any atom is -0.335 e. The zero-order valence-electron chi connectivity index (χ0n) is 11.7. The van der Waals surface area contributed by atoms with Gasteiger partial charge in [-0.25, -0.2) is 4.79 Å². The van der Waals surface area contributed by atoms with Gasteiger partial charge in [-0.05, 0) is 46.5 Å². The van der Waals surface area contributed by atoms with E-state index in [4.69, 9.17) is 0 Å². The molecule has 4 atom stereocenters. The normalized spacial score (nSPS) is 36.9. The molecule has 1 saturated heterocycles. The van der Waals surface area contributed by atoms with E-state index in [1.807, 2.05) is 4.90 Å². The molecule has 0 aliphatic carbocycles. The van der Waals surface area contributed by atoms with Crippen molar-refractivity contribution in [3.05, 3.63) is 0 Å². The van der Waals surface area contributed by atoms with Crippen molar-refractivity contribution in [2.24, 2.45) is 11.8 Å². The molecule has 1 rings (SSSR count). The zero-order chi connectivity index (χ0) is 12.7. The van der Waals surface area contributed by atoms with Gasteiger partial charge in [0.25, 0.3) is 0 Å². The standard InChI is InChI=1S/C13H26N2O/c1-8-9(2)11(4)15(13(5,6)7)12(16)14-10(8)3/h8-11H,1-7H3,(H,14,16). The van der Waals surface area contributed by atoms with Crippen molar-refractivity contribution in [2.75, 3.05) is 0 Å². The fraction of sp³-hybridized carbons (Fsp3) is 0.923. The molecule has 3 heteroatoms. The van der Waals surface area contributed by atoms with Crippen LogP contribution in [0.1, 0.15) is 48.5 Å². The minimum absolute atomic E-state index is 0.0729. The molecule has 16 heavy (non-hydrogen) atoms. The molecular weight excluding hydrogens is 200 g/mol. The van der Waals surface area contributed by atoms with E-state index in [-0.39, 0.29) is 23.7 Å². The van der Waals surface area contributed by atoms with Crippen molar-refractivity contribution < 1.29 is 4.79 Å². The molecule has 94 valence electrons. The average Bonchev–Trinajstić information content (AvgIpc) is 2.17. The quantitative estimate of drug-likeness (QED) is 0.677. The molecule has 4 unspecified atom stereocenters. The molecule has 0 aromatic rings. The van der Waals surface area contributed by atoms with Crippen LogP contribution < -0.4 is 5.32 Å². The van der Waals surface area contributed by atoms with Crippen molar-refractivity contribution in [3.63, 3.8) is 0 Å². The molecule has 3 nitrogen and oxygen atoms in total. The SMILES string of the molecule is CC1NC(=O)N(C(C)(C)C)C(C)C(C)C1C. The summed E-state index contributed by atoms with van der Waals surface area (Å²) in [5, 5.41) is 3.10. The number of urea groups is 1. The number of nitrogens with zero attached hydrogens (tertiary/aromatic N) is 1. The van der Waals surface area contributed by atoms with Crippen LogP contribution in [0, 0.1) is 11.8 Å². The van der Waals surface area contributed by atoms with Crippen molar-refractivity contribution in [1.29, 1.82) is 0 Å². The topological polar surface area (TPSA) is 32.3 Å². The van der Waals surface area contributed by atoms with Crippen molar-refractivity contribution in [3.8, 4) is 0 Å².